The van der Waals surface area contributed by atoms with Gasteiger partial charge in [-0.2, -0.15) is 0 Å². The van der Waals surface area contributed by atoms with Crippen LogP contribution in [0, 0.1) is 24.1 Å². The Hall–Kier alpha value is -2.24. The van der Waals surface area contributed by atoms with E-state index in [4.69, 9.17) is 5.41 Å². The van der Waals surface area contributed by atoms with Crippen LogP contribution in [0.5, 0.6) is 0 Å². The lowest BCUT2D eigenvalue weighted by Crippen LogP contribution is -2.47. The van der Waals surface area contributed by atoms with Crippen LogP contribution in [0.15, 0.2) is 36.4 Å². The number of piperazine rings is 1. The van der Waals surface area contributed by atoms with Crippen LogP contribution in [-0.4, -0.2) is 37.3 Å². The number of hydrogen-bond donors (Lipinski definition) is 3. The SMILES string of the molecule is Cc1cc(Nc2ccc(F)cc2)c(C=N)cc1C1CNCCN1CC(C)C. The van der Waals surface area contributed by atoms with Crippen molar-refractivity contribution in [3.63, 3.8) is 0 Å². The molecule has 0 bridgehead atoms. The number of nitrogens with one attached hydrogen (secondary N) is 3. The first kappa shape index (κ1) is 19.5. The zero-order chi connectivity index (χ0) is 19.4. The average Bonchev–Trinajstić information content (AvgIpc) is 2.64. The van der Waals surface area contributed by atoms with Crippen molar-refractivity contribution in [2.24, 2.45) is 5.92 Å². The molecular formula is C22H29FN4. The maximum absolute atomic E-state index is 13.1. The Bertz CT molecular complexity index is 786. The van der Waals surface area contributed by atoms with Crippen molar-refractivity contribution < 1.29 is 4.39 Å². The molecule has 1 aliphatic heterocycles. The molecule has 144 valence electrons. The van der Waals surface area contributed by atoms with E-state index in [-0.39, 0.29) is 5.82 Å². The third-order valence-corrected chi connectivity index (χ3v) is 5.03. The summed E-state index contributed by atoms with van der Waals surface area (Å²) in [5.74, 6) is 0.363. The maximum atomic E-state index is 13.1. The predicted molar refractivity (Wildman–Crippen MR) is 111 cm³/mol. The van der Waals surface area contributed by atoms with Gasteiger partial charge in [-0.3, -0.25) is 4.90 Å². The molecule has 0 amide bonds. The van der Waals surface area contributed by atoms with Gasteiger partial charge in [-0.05, 0) is 60.4 Å². The van der Waals surface area contributed by atoms with Crippen LogP contribution in [0.2, 0.25) is 0 Å². The van der Waals surface area contributed by atoms with Crippen LogP contribution in [-0.2, 0) is 0 Å². The summed E-state index contributed by atoms with van der Waals surface area (Å²) in [5.41, 5.74) is 5.00. The van der Waals surface area contributed by atoms with E-state index in [1.54, 1.807) is 12.1 Å². The van der Waals surface area contributed by atoms with Gasteiger partial charge in [0.05, 0.1) is 0 Å². The Morgan fingerprint density at radius 2 is 2.04 bits per heavy atom. The Labute approximate surface area is 161 Å². The summed E-state index contributed by atoms with van der Waals surface area (Å²) in [6.07, 6.45) is 1.39. The number of benzene rings is 2. The number of aryl methyl sites for hydroxylation is 1. The van der Waals surface area contributed by atoms with Crippen LogP contribution in [0.1, 0.15) is 36.6 Å². The number of anilines is 2. The summed E-state index contributed by atoms with van der Waals surface area (Å²) in [4.78, 5) is 2.55. The highest BCUT2D eigenvalue weighted by Crippen LogP contribution is 2.31. The molecule has 3 N–H and O–H groups in total. The summed E-state index contributed by atoms with van der Waals surface area (Å²) in [7, 11) is 0. The predicted octanol–water partition coefficient (Wildman–Crippen LogP) is 4.48. The monoisotopic (exact) mass is 368 g/mol. The van der Waals surface area contributed by atoms with E-state index in [2.05, 4.69) is 48.4 Å². The normalized spacial score (nSPS) is 17.9. The molecule has 0 aliphatic carbocycles. The molecular weight excluding hydrogens is 339 g/mol. The number of nitrogens with zero attached hydrogens (tertiary/aromatic N) is 1. The first-order chi connectivity index (χ1) is 13.0. The van der Waals surface area contributed by atoms with Gasteiger partial charge in [0.25, 0.3) is 0 Å². The summed E-state index contributed by atoms with van der Waals surface area (Å²) in [6.45, 7) is 10.7. The molecule has 2 aromatic rings. The molecule has 4 nitrogen and oxygen atoms in total. The minimum Gasteiger partial charge on any atom is -0.355 e. The fraction of sp³-hybridized carbons (Fsp3) is 0.409. The van der Waals surface area contributed by atoms with Crippen molar-refractivity contribution >= 4 is 17.6 Å². The molecule has 1 unspecified atom stereocenters. The first-order valence-electron chi connectivity index (χ1n) is 9.60. The molecule has 0 spiro atoms. The Kier molecular flexibility index (Phi) is 6.24. The molecule has 3 rings (SSSR count). The van der Waals surface area contributed by atoms with Gasteiger partial charge in [0, 0.05) is 55.4 Å². The van der Waals surface area contributed by atoms with Crippen molar-refractivity contribution in [1.82, 2.24) is 10.2 Å². The Morgan fingerprint density at radius 1 is 1.30 bits per heavy atom. The lowest BCUT2D eigenvalue weighted by atomic mass is 9.94. The summed E-state index contributed by atoms with van der Waals surface area (Å²) < 4.78 is 13.1. The Balaban J connectivity index is 1.90. The standard InChI is InChI=1S/C22H29FN4/c1-15(2)14-27-9-8-25-13-22(27)20-11-17(12-24)21(10-16(20)3)26-19-6-4-18(23)5-7-19/h4-7,10-12,15,22,24-26H,8-9,13-14H2,1-3H3. The van der Waals surface area contributed by atoms with Gasteiger partial charge in [-0.25, -0.2) is 4.39 Å². The van der Waals surface area contributed by atoms with Gasteiger partial charge in [0.2, 0.25) is 0 Å². The van der Waals surface area contributed by atoms with Gasteiger partial charge >= 0.3 is 0 Å². The fourth-order valence-corrected chi connectivity index (χ4v) is 3.76. The fourth-order valence-electron chi connectivity index (χ4n) is 3.76. The number of rotatable bonds is 6. The molecule has 1 saturated heterocycles. The summed E-state index contributed by atoms with van der Waals surface area (Å²) in [6, 6.07) is 10.8. The third-order valence-electron chi connectivity index (χ3n) is 5.03. The average molecular weight is 369 g/mol. The third kappa shape index (κ3) is 4.73. The van der Waals surface area contributed by atoms with Gasteiger partial charge in [0.15, 0.2) is 0 Å². The van der Waals surface area contributed by atoms with Crippen molar-refractivity contribution in [2.45, 2.75) is 26.8 Å². The number of halogens is 1. The molecule has 5 heteroatoms. The largest absolute Gasteiger partial charge is 0.355 e. The van der Waals surface area contributed by atoms with Gasteiger partial charge < -0.3 is 16.0 Å². The highest BCUT2D eigenvalue weighted by Gasteiger charge is 2.26. The first-order valence-corrected chi connectivity index (χ1v) is 9.60. The van der Waals surface area contributed by atoms with Crippen molar-refractivity contribution in [3.05, 3.63) is 58.9 Å². The molecule has 2 aromatic carbocycles. The molecule has 1 fully saturated rings. The topological polar surface area (TPSA) is 51.2 Å². The van der Waals surface area contributed by atoms with Crippen LogP contribution in [0.25, 0.3) is 0 Å². The van der Waals surface area contributed by atoms with Crippen molar-refractivity contribution in [3.8, 4) is 0 Å². The smallest absolute Gasteiger partial charge is 0.123 e. The molecule has 0 radical (unpaired) electrons. The lowest BCUT2D eigenvalue weighted by Gasteiger charge is -2.38. The minimum absolute atomic E-state index is 0.255. The second kappa shape index (κ2) is 8.63. The summed E-state index contributed by atoms with van der Waals surface area (Å²) >= 11 is 0. The van der Waals surface area contributed by atoms with E-state index < -0.39 is 0 Å². The second-order valence-electron chi connectivity index (χ2n) is 7.68. The van der Waals surface area contributed by atoms with E-state index in [0.717, 1.165) is 43.1 Å². The van der Waals surface area contributed by atoms with Crippen LogP contribution >= 0.6 is 0 Å². The van der Waals surface area contributed by atoms with Crippen LogP contribution in [0.3, 0.4) is 0 Å². The zero-order valence-electron chi connectivity index (χ0n) is 16.3. The molecule has 1 atom stereocenters. The lowest BCUT2D eigenvalue weighted by molar-refractivity contribution is 0.144. The second-order valence-corrected chi connectivity index (χ2v) is 7.68. The van der Waals surface area contributed by atoms with E-state index in [0.29, 0.717) is 12.0 Å². The highest BCUT2D eigenvalue weighted by atomic mass is 19.1. The van der Waals surface area contributed by atoms with E-state index in [1.807, 2.05) is 0 Å². The van der Waals surface area contributed by atoms with Crippen molar-refractivity contribution in [1.29, 1.82) is 5.41 Å². The van der Waals surface area contributed by atoms with Crippen LogP contribution in [0.4, 0.5) is 15.8 Å². The maximum Gasteiger partial charge on any atom is 0.123 e. The van der Waals surface area contributed by atoms with Gasteiger partial charge in [-0.15, -0.1) is 0 Å². The summed E-state index contributed by atoms with van der Waals surface area (Å²) in [5, 5.41) is 14.7. The molecule has 0 saturated carbocycles. The number of hydrogen-bond acceptors (Lipinski definition) is 4. The quantitative estimate of drug-likeness (QED) is 0.659. The minimum atomic E-state index is -0.255. The molecule has 27 heavy (non-hydrogen) atoms. The molecule has 1 aliphatic rings. The highest BCUT2D eigenvalue weighted by molar-refractivity contribution is 5.88. The molecule has 0 aromatic heterocycles. The van der Waals surface area contributed by atoms with Gasteiger partial charge in [0.1, 0.15) is 5.82 Å². The van der Waals surface area contributed by atoms with E-state index in [1.165, 1.54) is 29.5 Å². The van der Waals surface area contributed by atoms with Crippen molar-refractivity contribution in [2.75, 3.05) is 31.5 Å². The van der Waals surface area contributed by atoms with Gasteiger partial charge in [-0.1, -0.05) is 13.8 Å². The zero-order valence-corrected chi connectivity index (χ0v) is 16.3. The van der Waals surface area contributed by atoms with E-state index >= 15 is 0 Å². The Morgan fingerprint density at radius 3 is 2.70 bits per heavy atom. The van der Waals surface area contributed by atoms with E-state index in [9.17, 15) is 4.39 Å². The molecule has 1 heterocycles. The van der Waals surface area contributed by atoms with Crippen LogP contribution < -0.4 is 10.6 Å².